The van der Waals surface area contributed by atoms with E-state index >= 15 is 0 Å². The maximum atomic E-state index is 12.5. The summed E-state index contributed by atoms with van der Waals surface area (Å²) in [5.74, 6) is -1.18. The zero-order valence-corrected chi connectivity index (χ0v) is 17.2. The Labute approximate surface area is 184 Å². The average Bonchev–Trinajstić information content (AvgIpc) is 3.41. The Morgan fingerprint density at radius 3 is 2.31 bits per heavy atom. The third kappa shape index (κ3) is 3.60. The van der Waals surface area contributed by atoms with Crippen LogP contribution in [0.15, 0.2) is 79.0 Å². The van der Waals surface area contributed by atoms with Crippen LogP contribution in [0.1, 0.15) is 22.6 Å². The van der Waals surface area contributed by atoms with E-state index in [0.717, 1.165) is 38.7 Å². The van der Waals surface area contributed by atoms with Gasteiger partial charge in [0, 0.05) is 29.4 Å². The molecule has 6 nitrogen and oxygen atoms in total. The summed E-state index contributed by atoms with van der Waals surface area (Å²) in [7, 11) is 0. The molecule has 0 unspecified atom stereocenters. The van der Waals surface area contributed by atoms with E-state index in [1.54, 1.807) is 0 Å². The molecule has 0 spiro atoms. The Hall–Kier alpha value is -4.06. The molecule has 0 bridgehead atoms. The molecule has 3 N–H and O–H groups in total. The Morgan fingerprint density at radius 2 is 1.62 bits per heavy atom. The van der Waals surface area contributed by atoms with Crippen LogP contribution < -0.4 is 5.32 Å². The Kier molecular flexibility index (Phi) is 5.11. The number of carbonyl (C=O) groups excluding carboxylic acids is 1. The van der Waals surface area contributed by atoms with Gasteiger partial charge in [0.2, 0.25) is 0 Å². The number of nitrogens with one attached hydrogen (secondary N) is 2. The molecule has 0 saturated carbocycles. The first-order valence-corrected chi connectivity index (χ1v) is 10.5. The summed E-state index contributed by atoms with van der Waals surface area (Å²) in [5.41, 5.74) is 6.26. The molecule has 0 radical (unpaired) electrons. The first-order valence-electron chi connectivity index (χ1n) is 10.5. The third-order valence-electron chi connectivity index (χ3n) is 6.04. The fraction of sp³-hybridized carbons (Fsp3) is 0.154. The van der Waals surface area contributed by atoms with Crippen molar-refractivity contribution in [2.75, 3.05) is 6.61 Å². The van der Waals surface area contributed by atoms with E-state index in [1.165, 1.54) is 0 Å². The highest BCUT2D eigenvalue weighted by Gasteiger charge is 2.30. The maximum Gasteiger partial charge on any atom is 0.407 e. The van der Waals surface area contributed by atoms with Gasteiger partial charge in [0.15, 0.2) is 0 Å². The van der Waals surface area contributed by atoms with Gasteiger partial charge in [-0.3, -0.25) is 0 Å². The van der Waals surface area contributed by atoms with Crippen molar-refractivity contribution in [2.45, 2.75) is 18.4 Å². The summed E-state index contributed by atoms with van der Waals surface area (Å²) in [5, 5.41) is 13.1. The summed E-state index contributed by atoms with van der Waals surface area (Å²) in [4.78, 5) is 27.5. The fourth-order valence-electron chi connectivity index (χ4n) is 4.53. The molecule has 0 saturated heterocycles. The lowest BCUT2D eigenvalue weighted by molar-refractivity contribution is -0.139. The molecule has 160 valence electrons. The minimum atomic E-state index is -1.11. The Balaban J connectivity index is 1.29. The number of amides is 1. The van der Waals surface area contributed by atoms with E-state index in [9.17, 15) is 14.7 Å². The van der Waals surface area contributed by atoms with Crippen molar-refractivity contribution in [1.82, 2.24) is 10.3 Å². The van der Waals surface area contributed by atoms with Crippen molar-refractivity contribution in [3.8, 4) is 11.1 Å². The quantitative estimate of drug-likeness (QED) is 0.417. The zero-order valence-electron chi connectivity index (χ0n) is 17.2. The van der Waals surface area contributed by atoms with Gasteiger partial charge < -0.3 is 20.1 Å². The second-order valence-corrected chi connectivity index (χ2v) is 7.92. The zero-order chi connectivity index (χ0) is 22.1. The number of carboxylic acid groups (broad SMARTS) is 1. The van der Waals surface area contributed by atoms with Crippen molar-refractivity contribution >= 4 is 23.0 Å². The lowest BCUT2D eigenvalue weighted by Gasteiger charge is -2.18. The van der Waals surface area contributed by atoms with Gasteiger partial charge in [-0.15, -0.1) is 0 Å². The summed E-state index contributed by atoms with van der Waals surface area (Å²) in [6.45, 7) is 0.138. The highest BCUT2D eigenvalue weighted by molar-refractivity contribution is 5.85. The van der Waals surface area contributed by atoms with Crippen LogP contribution in [0.3, 0.4) is 0 Å². The number of fused-ring (bicyclic) bond motifs is 4. The highest BCUT2D eigenvalue weighted by atomic mass is 16.5. The first-order chi connectivity index (χ1) is 15.6. The molecule has 6 heteroatoms. The number of ether oxygens (including phenoxy) is 1. The fourth-order valence-corrected chi connectivity index (χ4v) is 4.53. The van der Waals surface area contributed by atoms with Crippen LogP contribution in [-0.2, 0) is 16.0 Å². The molecule has 32 heavy (non-hydrogen) atoms. The first kappa shape index (κ1) is 19.9. The molecule has 0 fully saturated rings. The SMILES string of the molecule is O=C(N[C@H](Cc1cccc2[nH]ccc12)C(=O)O)OCC1c2ccccc2-c2ccccc21. The van der Waals surface area contributed by atoms with Gasteiger partial charge in [-0.25, -0.2) is 9.59 Å². The van der Waals surface area contributed by atoms with Gasteiger partial charge in [-0.1, -0.05) is 60.7 Å². The normalized spacial score (nSPS) is 13.4. The number of rotatable bonds is 6. The maximum absolute atomic E-state index is 12.5. The number of aliphatic carboxylic acids is 1. The monoisotopic (exact) mass is 426 g/mol. The summed E-state index contributed by atoms with van der Waals surface area (Å²) < 4.78 is 5.51. The molecule has 1 amide bonds. The predicted molar refractivity (Wildman–Crippen MR) is 122 cm³/mol. The molecule has 1 aliphatic rings. The van der Waals surface area contributed by atoms with Gasteiger partial charge >= 0.3 is 12.1 Å². The van der Waals surface area contributed by atoms with Gasteiger partial charge in [0.25, 0.3) is 0 Å². The van der Waals surface area contributed by atoms with Crippen LogP contribution in [0.4, 0.5) is 4.79 Å². The van der Waals surface area contributed by atoms with Crippen LogP contribution in [0, 0.1) is 0 Å². The molecule has 1 atom stereocenters. The second kappa shape index (κ2) is 8.23. The topological polar surface area (TPSA) is 91.4 Å². The smallest absolute Gasteiger partial charge is 0.407 e. The number of carboxylic acids is 1. The second-order valence-electron chi connectivity index (χ2n) is 7.92. The van der Waals surface area contributed by atoms with Gasteiger partial charge in [-0.2, -0.15) is 0 Å². The molecule has 1 heterocycles. The number of hydrogen-bond acceptors (Lipinski definition) is 3. The van der Waals surface area contributed by atoms with E-state index in [1.807, 2.05) is 66.9 Å². The number of H-pyrrole nitrogens is 1. The van der Waals surface area contributed by atoms with E-state index in [2.05, 4.69) is 22.4 Å². The van der Waals surface area contributed by atoms with Crippen LogP contribution in [-0.4, -0.2) is 34.8 Å². The van der Waals surface area contributed by atoms with Gasteiger partial charge in [-0.05, 0) is 39.9 Å². The van der Waals surface area contributed by atoms with E-state index in [4.69, 9.17) is 4.74 Å². The number of benzene rings is 3. The van der Waals surface area contributed by atoms with Gasteiger partial charge in [0.05, 0.1) is 0 Å². The van der Waals surface area contributed by atoms with Crippen LogP contribution in [0.2, 0.25) is 0 Å². The number of hydrogen-bond donors (Lipinski definition) is 3. The molecule has 1 aromatic heterocycles. The van der Waals surface area contributed by atoms with Crippen molar-refractivity contribution in [3.63, 3.8) is 0 Å². The Bertz CT molecular complexity index is 1260. The lowest BCUT2D eigenvalue weighted by Crippen LogP contribution is -2.42. The van der Waals surface area contributed by atoms with Crippen LogP contribution >= 0.6 is 0 Å². The van der Waals surface area contributed by atoms with Crippen molar-refractivity contribution in [3.05, 3.63) is 95.7 Å². The number of aromatic nitrogens is 1. The average molecular weight is 426 g/mol. The molecule has 1 aliphatic carbocycles. The van der Waals surface area contributed by atoms with E-state index < -0.39 is 18.1 Å². The molecule has 0 aliphatic heterocycles. The summed E-state index contributed by atoms with van der Waals surface area (Å²) in [6.07, 6.45) is 1.23. The molecule has 3 aromatic carbocycles. The van der Waals surface area contributed by atoms with Crippen LogP contribution in [0.5, 0.6) is 0 Å². The molecule has 4 aromatic rings. The predicted octanol–water partition coefficient (Wildman–Crippen LogP) is 4.70. The largest absolute Gasteiger partial charge is 0.480 e. The standard InChI is InChI=1S/C26H22N2O4/c29-25(30)24(14-16-6-5-11-23-17(16)12-13-27-23)28-26(31)32-15-22-20-9-3-1-7-18(20)19-8-2-4-10-21(19)22/h1-13,22,24,27H,14-15H2,(H,28,31)(H,29,30)/t24-/m1/s1. The number of carbonyl (C=O) groups is 2. The Morgan fingerprint density at radius 1 is 0.938 bits per heavy atom. The highest BCUT2D eigenvalue weighted by Crippen LogP contribution is 2.44. The third-order valence-corrected chi connectivity index (χ3v) is 6.04. The minimum Gasteiger partial charge on any atom is -0.480 e. The number of aromatic amines is 1. The van der Waals surface area contributed by atoms with Crippen molar-refractivity contribution in [2.24, 2.45) is 0 Å². The summed E-state index contributed by atoms with van der Waals surface area (Å²) >= 11 is 0. The summed E-state index contributed by atoms with van der Waals surface area (Å²) in [6, 6.07) is 22.6. The van der Waals surface area contributed by atoms with Crippen molar-refractivity contribution in [1.29, 1.82) is 0 Å². The van der Waals surface area contributed by atoms with Gasteiger partial charge in [0.1, 0.15) is 12.6 Å². The van der Waals surface area contributed by atoms with Crippen LogP contribution in [0.25, 0.3) is 22.0 Å². The van der Waals surface area contributed by atoms with E-state index in [0.29, 0.717) is 0 Å². The molecular formula is C26H22N2O4. The minimum absolute atomic E-state index is 0.0787. The number of alkyl carbamates (subject to hydrolysis) is 1. The molecule has 5 rings (SSSR count). The van der Waals surface area contributed by atoms with E-state index in [-0.39, 0.29) is 18.9 Å². The van der Waals surface area contributed by atoms with Crippen molar-refractivity contribution < 1.29 is 19.4 Å². The molecular weight excluding hydrogens is 404 g/mol. The lowest BCUT2D eigenvalue weighted by atomic mass is 9.98.